The number of aryl methyl sites for hydroxylation is 1. The summed E-state index contributed by atoms with van der Waals surface area (Å²) in [5.41, 5.74) is 9.04. The van der Waals surface area contributed by atoms with Crippen molar-refractivity contribution in [1.82, 2.24) is 4.90 Å². The fourth-order valence-corrected chi connectivity index (χ4v) is 2.22. The predicted molar refractivity (Wildman–Crippen MR) is 69.7 cm³/mol. The van der Waals surface area contributed by atoms with Crippen molar-refractivity contribution in [2.24, 2.45) is 0 Å². The van der Waals surface area contributed by atoms with Crippen LogP contribution >= 0.6 is 0 Å². The molecule has 0 spiro atoms. The fourth-order valence-electron chi connectivity index (χ4n) is 2.22. The monoisotopic (exact) mass is 219 g/mol. The van der Waals surface area contributed by atoms with E-state index >= 15 is 0 Å². The lowest BCUT2D eigenvalue weighted by Crippen LogP contribution is -2.36. The van der Waals surface area contributed by atoms with Gasteiger partial charge in [-0.2, -0.15) is 0 Å². The molecular formula is C13H21N3. The molecule has 1 fully saturated rings. The molecule has 0 aliphatic carbocycles. The van der Waals surface area contributed by atoms with Gasteiger partial charge in [-0.25, -0.2) is 0 Å². The number of nitrogens with zero attached hydrogens (tertiary/aromatic N) is 1. The number of hydrogen-bond donors (Lipinski definition) is 2. The highest BCUT2D eigenvalue weighted by molar-refractivity contribution is 5.57. The van der Waals surface area contributed by atoms with Gasteiger partial charge in [-0.1, -0.05) is 0 Å². The maximum Gasteiger partial charge on any atom is 0.0373 e. The first-order valence-corrected chi connectivity index (χ1v) is 5.96. The number of nitrogen functional groups attached to an aromatic ring is 1. The van der Waals surface area contributed by atoms with Crippen molar-refractivity contribution in [3.63, 3.8) is 0 Å². The molecule has 0 saturated carbocycles. The number of nitrogens with one attached hydrogen (secondary N) is 1. The molecule has 0 radical (unpaired) electrons. The Hall–Kier alpha value is -1.22. The van der Waals surface area contributed by atoms with Gasteiger partial charge in [0, 0.05) is 17.4 Å². The van der Waals surface area contributed by atoms with E-state index in [0.717, 1.165) is 5.69 Å². The third-order valence-corrected chi connectivity index (χ3v) is 3.33. The van der Waals surface area contributed by atoms with Gasteiger partial charge in [-0.15, -0.1) is 0 Å². The standard InChI is InChI=1S/C13H21N3/c1-10-9-11(14)3-4-13(10)15-12-5-7-16(2)8-6-12/h3-4,9,12,15H,5-8,14H2,1-2H3. The molecule has 0 aromatic heterocycles. The Morgan fingerprint density at radius 2 is 2.00 bits per heavy atom. The molecule has 0 unspecified atom stereocenters. The van der Waals surface area contributed by atoms with Gasteiger partial charge < -0.3 is 16.0 Å². The molecule has 3 heteroatoms. The summed E-state index contributed by atoms with van der Waals surface area (Å²) in [6.07, 6.45) is 2.45. The second-order valence-corrected chi connectivity index (χ2v) is 4.80. The van der Waals surface area contributed by atoms with Gasteiger partial charge >= 0.3 is 0 Å². The molecule has 2 rings (SSSR count). The number of anilines is 2. The lowest BCUT2D eigenvalue weighted by atomic mass is 10.0. The molecule has 1 aliphatic rings. The van der Waals surface area contributed by atoms with E-state index in [9.17, 15) is 0 Å². The minimum absolute atomic E-state index is 0.610. The number of likely N-dealkylation sites (tertiary alicyclic amines) is 1. The minimum atomic E-state index is 0.610. The Bertz CT molecular complexity index is 354. The van der Waals surface area contributed by atoms with Gasteiger partial charge in [0.2, 0.25) is 0 Å². The van der Waals surface area contributed by atoms with Crippen LogP contribution in [0.5, 0.6) is 0 Å². The molecule has 1 saturated heterocycles. The number of rotatable bonds is 2. The summed E-state index contributed by atoms with van der Waals surface area (Å²) < 4.78 is 0. The molecule has 0 amide bonds. The van der Waals surface area contributed by atoms with Crippen LogP contribution in [0.15, 0.2) is 18.2 Å². The molecule has 3 N–H and O–H groups in total. The normalized spacial score (nSPS) is 18.6. The Kier molecular flexibility index (Phi) is 3.34. The fraction of sp³-hybridized carbons (Fsp3) is 0.538. The number of benzene rings is 1. The van der Waals surface area contributed by atoms with Crippen molar-refractivity contribution in [2.45, 2.75) is 25.8 Å². The SMILES string of the molecule is Cc1cc(N)ccc1NC1CCN(C)CC1. The van der Waals surface area contributed by atoms with Crippen LogP contribution in [0.3, 0.4) is 0 Å². The molecule has 3 nitrogen and oxygen atoms in total. The smallest absolute Gasteiger partial charge is 0.0373 e. The Morgan fingerprint density at radius 3 is 2.62 bits per heavy atom. The largest absolute Gasteiger partial charge is 0.399 e. The van der Waals surface area contributed by atoms with Gasteiger partial charge in [-0.05, 0) is 63.7 Å². The molecule has 1 aromatic carbocycles. The third kappa shape index (κ3) is 2.67. The van der Waals surface area contributed by atoms with Crippen LogP contribution in [0.25, 0.3) is 0 Å². The summed E-state index contributed by atoms with van der Waals surface area (Å²) in [6.45, 7) is 4.48. The van der Waals surface area contributed by atoms with Crippen molar-refractivity contribution in [1.29, 1.82) is 0 Å². The van der Waals surface area contributed by atoms with Crippen molar-refractivity contribution in [2.75, 3.05) is 31.2 Å². The number of piperidine rings is 1. The second kappa shape index (κ2) is 4.74. The Labute approximate surface area is 97.6 Å². The summed E-state index contributed by atoms with van der Waals surface area (Å²) in [7, 11) is 2.19. The van der Waals surface area contributed by atoms with Crippen LogP contribution in [0, 0.1) is 6.92 Å². The van der Waals surface area contributed by atoms with E-state index in [2.05, 4.69) is 30.3 Å². The summed E-state index contributed by atoms with van der Waals surface area (Å²) in [6, 6.07) is 6.68. The van der Waals surface area contributed by atoms with E-state index in [1.165, 1.54) is 37.2 Å². The average Bonchev–Trinajstić information content (AvgIpc) is 2.25. The van der Waals surface area contributed by atoms with E-state index in [1.54, 1.807) is 0 Å². The molecule has 1 heterocycles. The first kappa shape index (κ1) is 11.3. The summed E-state index contributed by atoms with van der Waals surface area (Å²) in [4.78, 5) is 2.38. The van der Waals surface area contributed by atoms with E-state index in [4.69, 9.17) is 5.73 Å². The van der Waals surface area contributed by atoms with Gasteiger partial charge in [0.25, 0.3) is 0 Å². The zero-order valence-electron chi connectivity index (χ0n) is 10.2. The zero-order chi connectivity index (χ0) is 11.5. The molecular weight excluding hydrogens is 198 g/mol. The van der Waals surface area contributed by atoms with Gasteiger partial charge in [0.1, 0.15) is 0 Å². The summed E-state index contributed by atoms with van der Waals surface area (Å²) in [5, 5.41) is 3.61. The second-order valence-electron chi connectivity index (χ2n) is 4.80. The molecule has 0 bridgehead atoms. The lowest BCUT2D eigenvalue weighted by Gasteiger charge is -2.30. The maximum absolute atomic E-state index is 5.74. The van der Waals surface area contributed by atoms with Gasteiger partial charge in [0.05, 0.1) is 0 Å². The Morgan fingerprint density at radius 1 is 1.31 bits per heavy atom. The highest BCUT2D eigenvalue weighted by atomic mass is 15.1. The van der Waals surface area contributed by atoms with Crippen molar-refractivity contribution < 1.29 is 0 Å². The number of hydrogen-bond acceptors (Lipinski definition) is 3. The van der Waals surface area contributed by atoms with Crippen molar-refractivity contribution in [3.05, 3.63) is 23.8 Å². The highest BCUT2D eigenvalue weighted by Gasteiger charge is 2.16. The highest BCUT2D eigenvalue weighted by Crippen LogP contribution is 2.21. The molecule has 1 aromatic rings. The molecule has 16 heavy (non-hydrogen) atoms. The summed E-state index contributed by atoms with van der Waals surface area (Å²) >= 11 is 0. The van der Waals surface area contributed by atoms with Crippen LogP contribution in [-0.2, 0) is 0 Å². The first-order chi connectivity index (χ1) is 7.65. The molecule has 1 aliphatic heterocycles. The van der Waals surface area contributed by atoms with Crippen molar-refractivity contribution in [3.8, 4) is 0 Å². The average molecular weight is 219 g/mol. The van der Waals surface area contributed by atoms with Crippen LogP contribution in [0.4, 0.5) is 11.4 Å². The van der Waals surface area contributed by atoms with Gasteiger partial charge in [0.15, 0.2) is 0 Å². The maximum atomic E-state index is 5.74. The quantitative estimate of drug-likeness (QED) is 0.748. The lowest BCUT2D eigenvalue weighted by molar-refractivity contribution is 0.264. The third-order valence-electron chi connectivity index (χ3n) is 3.33. The number of nitrogens with two attached hydrogens (primary N) is 1. The topological polar surface area (TPSA) is 41.3 Å². The summed E-state index contributed by atoms with van der Waals surface area (Å²) in [5.74, 6) is 0. The first-order valence-electron chi connectivity index (χ1n) is 5.96. The zero-order valence-corrected chi connectivity index (χ0v) is 10.2. The predicted octanol–water partition coefficient (Wildman–Crippen LogP) is 2.08. The van der Waals surface area contributed by atoms with Gasteiger partial charge in [-0.3, -0.25) is 0 Å². The minimum Gasteiger partial charge on any atom is -0.399 e. The van der Waals surface area contributed by atoms with E-state index < -0.39 is 0 Å². The van der Waals surface area contributed by atoms with E-state index in [0.29, 0.717) is 6.04 Å². The van der Waals surface area contributed by atoms with Crippen LogP contribution in [0.1, 0.15) is 18.4 Å². The Balaban J connectivity index is 1.98. The van der Waals surface area contributed by atoms with E-state index in [-0.39, 0.29) is 0 Å². The van der Waals surface area contributed by atoms with Crippen LogP contribution in [-0.4, -0.2) is 31.1 Å². The molecule has 0 atom stereocenters. The van der Waals surface area contributed by atoms with Crippen LogP contribution in [0.2, 0.25) is 0 Å². The molecule has 88 valence electrons. The van der Waals surface area contributed by atoms with Crippen molar-refractivity contribution >= 4 is 11.4 Å². The van der Waals surface area contributed by atoms with Crippen LogP contribution < -0.4 is 11.1 Å². The van der Waals surface area contributed by atoms with E-state index in [1.807, 2.05) is 12.1 Å².